The van der Waals surface area contributed by atoms with Crippen molar-refractivity contribution in [3.63, 3.8) is 0 Å². The van der Waals surface area contributed by atoms with E-state index in [-0.39, 0.29) is 11.9 Å². The van der Waals surface area contributed by atoms with Crippen molar-refractivity contribution in [3.8, 4) is 0 Å². The summed E-state index contributed by atoms with van der Waals surface area (Å²) >= 11 is 0. The molecular formula is C24H32N4O2. The summed E-state index contributed by atoms with van der Waals surface area (Å²) in [7, 11) is 0. The topological polar surface area (TPSA) is 56.8 Å². The summed E-state index contributed by atoms with van der Waals surface area (Å²) in [6.07, 6.45) is 3.87. The lowest BCUT2D eigenvalue weighted by Gasteiger charge is -2.29. The van der Waals surface area contributed by atoms with Gasteiger partial charge >= 0.3 is 0 Å². The Labute approximate surface area is 179 Å². The maximum Gasteiger partial charge on any atom is 0.246 e. The van der Waals surface area contributed by atoms with Crippen LogP contribution in [0.3, 0.4) is 0 Å². The molecule has 160 valence electrons. The largest absolute Gasteiger partial charge is 0.378 e. The highest BCUT2D eigenvalue weighted by Gasteiger charge is 2.15. The smallest absolute Gasteiger partial charge is 0.246 e. The van der Waals surface area contributed by atoms with Crippen LogP contribution in [0.5, 0.6) is 0 Å². The molecular weight excluding hydrogens is 376 g/mol. The number of piperidine rings is 1. The van der Waals surface area contributed by atoms with Crippen molar-refractivity contribution in [3.05, 3.63) is 48.5 Å². The molecule has 0 spiro atoms. The Morgan fingerprint density at radius 1 is 0.800 bits per heavy atom. The van der Waals surface area contributed by atoms with Crippen LogP contribution in [0.15, 0.2) is 48.5 Å². The van der Waals surface area contributed by atoms with Crippen LogP contribution in [0, 0.1) is 0 Å². The number of rotatable bonds is 6. The molecule has 2 N–H and O–H groups in total. The van der Waals surface area contributed by atoms with Crippen LogP contribution in [0.25, 0.3) is 0 Å². The van der Waals surface area contributed by atoms with Gasteiger partial charge in [0.15, 0.2) is 0 Å². The van der Waals surface area contributed by atoms with Gasteiger partial charge in [-0.2, -0.15) is 0 Å². The van der Waals surface area contributed by atoms with Crippen LogP contribution in [0.1, 0.15) is 26.2 Å². The number of hydrogen-bond donors (Lipinski definition) is 2. The van der Waals surface area contributed by atoms with Crippen molar-refractivity contribution in [2.45, 2.75) is 32.2 Å². The second-order valence-electron chi connectivity index (χ2n) is 8.10. The van der Waals surface area contributed by atoms with E-state index in [9.17, 15) is 4.79 Å². The molecule has 2 aromatic rings. The SMILES string of the molecule is C[C@@H](Nc1ccc(N2CCCCC2)cc1)C(=O)Nc1ccc(N2CCOCC2)cc1. The van der Waals surface area contributed by atoms with Gasteiger partial charge in [0.05, 0.1) is 13.2 Å². The Hall–Kier alpha value is -2.73. The summed E-state index contributed by atoms with van der Waals surface area (Å²) in [6, 6.07) is 16.1. The molecule has 2 fully saturated rings. The fourth-order valence-corrected chi connectivity index (χ4v) is 4.06. The van der Waals surface area contributed by atoms with Crippen molar-refractivity contribution < 1.29 is 9.53 Å². The lowest BCUT2D eigenvalue weighted by Crippen LogP contribution is -2.36. The van der Waals surface area contributed by atoms with Crippen molar-refractivity contribution in [1.29, 1.82) is 0 Å². The standard InChI is InChI=1S/C24H32N4O2/c1-19(25-20-5-9-22(10-6-20)27-13-3-2-4-14-27)24(29)26-21-7-11-23(12-8-21)28-15-17-30-18-16-28/h5-12,19,25H,2-4,13-18H2,1H3,(H,26,29)/t19-/m1/s1. The predicted molar refractivity (Wildman–Crippen MR) is 124 cm³/mol. The first kappa shape index (κ1) is 20.5. The molecule has 2 aliphatic rings. The molecule has 0 radical (unpaired) electrons. The summed E-state index contributed by atoms with van der Waals surface area (Å²) < 4.78 is 5.40. The predicted octanol–water partition coefficient (Wildman–Crippen LogP) is 3.95. The minimum Gasteiger partial charge on any atom is -0.378 e. The number of amides is 1. The van der Waals surface area contributed by atoms with E-state index in [4.69, 9.17) is 4.74 Å². The fourth-order valence-electron chi connectivity index (χ4n) is 4.06. The number of carbonyl (C=O) groups excluding carboxylic acids is 1. The average molecular weight is 409 g/mol. The van der Waals surface area contributed by atoms with Gasteiger partial charge in [-0.3, -0.25) is 4.79 Å². The van der Waals surface area contributed by atoms with Crippen LogP contribution < -0.4 is 20.4 Å². The van der Waals surface area contributed by atoms with Crippen molar-refractivity contribution >= 4 is 28.7 Å². The Kier molecular flexibility index (Phi) is 6.74. The molecule has 2 heterocycles. The summed E-state index contributed by atoms with van der Waals surface area (Å²) in [6.45, 7) is 7.50. The van der Waals surface area contributed by atoms with Gasteiger partial charge in [0.2, 0.25) is 5.91 Å². The molecule has 0 aliphatic carbocycles. The second-order valence-corrected chi connectivity index (χ2v) is 8.10. The number of ether oxygens (including phenoxy) is 1. The van der Waals surface area contributed by atoms with E-state index >= 15 is 0 Å². The van der Waals surface area contributed by atoms with Crippen LogP contribution in [0.4, 0.5) is 22.7 Å². The van der Waals surface area contributed by atoms with E-state index in [0.717, 1.165) is 56.5 Å². The van der Waals surface area contributed by atoms with E-state index in [2.05, 4.69) is 56.8 Å². The molecule has 2 saturated heterocycles. The van der Waals surface area contributed by atoms with Crippen LogP contribution >= 0.6 is 0 Å². The first-order valence-corrected chi connectivity index (χ1v) is 11.0. The van der Waals surface area contributed by atoms with E-state index in [1.54, 1.807) is 0 Å². The summed E-state index contributed by atoms with van der Waals surface area (Å²) in [5, 5.41) is 6.30. The molecule has 6 nitrogen and oxygen atoms in total. The molecule has 0 aromatic heterocycles. The van der Waals surface area contributed by atoms with Gasteiger partial charge in [0.1, 0.15) is 6.04 Å². The Balaban J connectivity index is 1.29. The zero-order valence-electron chi connectivity index (χ0n) is 17.8. The Morgan fingerprint density at radius 3 is 1.93 bits per heavy atom. The monoisotopic (exact) mass is 408 g/mol. The third-order valence-corrected chi connectivity index (χ3v) is 5.88. The highest BCUT2D eigenvalue weighted by atomic mass is 16.5. The number of nitrogens with one attached hydrogen (secondary N) is 2. The highest BCUT2D eigenvalue weighted by molar-refractivity contribution is 5.96. The third-order valence-electron chi connectivity index (χ3n) is 5.88. The summed E-state index contributed by atoms with van der Waals surface area (Å²) in [5.74, 6) is -0.0470. The van der Waals surface area contributed by atoms with Gasteiger partial charge in [-0.05, 0) is 74.7 Å². The second kappa shape index (κ2) is 9.85. The number of morpholine rings is 1. The number of nitrogens with zero attached hydrogens (tertiary/aromatic N) is 2. The summed E-state index contributed by atoms with van der Waals surface area (Å²) in [4.78, 5) is 17.3. The number of anilines is 4. The lowest BCUT2D eigenvalue weighted by molar-refractivity contribution is -0.116. The van der Waals surface area contributed by atoms with Gasteiger partial charge in [-0.25, -0.2) is 0 Å². The zero-order valence-corrected chi connectivity index (χ0v) is 17.8. The molecule has 2 aliphatic heterocycles. The van der Waals surface area contributed by atoms with E-state index in [1.807, 2.05) is 19.1 Å². The normalized spacial score (nSPS) is 18.0. The quantitative estimate of drug-likeness (QED) is 0.758. The lowest BCUT2D eigenvalue weighted by atomic mass is 10.1. The summed E-state index contributed by atoms with van der Waals surface area (Å²) in [5.41, 5.74) is 4.20. The van der Waals surface area contributed by atoms with Gasteiger partial charge in [0.25, 0.3) is 0 Å². The van der Waals surface area contributed by atoms with Crippen molar-refractivity contribution in [2.24, 2.45) is 0 Å². The first-order chi connectivity index (χ1) is 14.7. The van der Waals surface area contributed by atoms with Crippen molar-refractivity contribution in [1.82, 2.24) is 0 Å². The maximum absolute atomic E-state index is 12.6. The fraction of sp³-hybridized carbons (Fsp3) is 0.458. The van der Waals surface area contributed by atoms with Gasteiger partial charge in [-0.15, -0.1) is 0 Å². The maximum atomic E-state index is 12.6. The molecule has 6 heteroatoms. The minimum absolute atomic E-state index is 0.0470. The van der Waals surface area contributed by atoms with E-state index in [0.29, 0.717) is 0 Å². The van der Waals surface area contributed by atoms with Gasteiger partial charge < -0.3 is 25.2 Å². The zero-order chi connectivity index (χ0) is 20.8. The molecule has 2 aromatic carbocycles. The third kappa shape index (κ3) is 5.25. The first-order valence-electron chi connectivity index (χ1n) is 11.0. The average Bonchev–Trinajstić information content (AvgIpc) is 2.81. The molecule has 0 unspecified atom stereocenters. The number of carbonyl (C=O) groups is 1. The van der Waals surface area contributed by atoms with E-state index < -0.39 is 0 Å². The Bertz CT molecular complexity index is 810. The molecule has 1 atom stereocenters. The number of hydrogen-bond acceptors (Lipinski definition) is 5. The highest BCUT2D eigenvalue weighted by Crippen LogP contribution is 2.23. The molecule has 0 bridgehead atoms. The Morgan fingerprint density at radius 2 is 1.33 bits per heavy atom. The molecule has 30 heavy (non-hydrogen) atoms. The molecule has 1 amide bonds. The van der Waals surface area contributed by atoms with Crippen LogP contribution in [-0.2, 0) is 9.53 Å². The minimum atomic E-state index is -0.329. The van der Waals surface area contributed by atoms with Crippen molar-refractivity contribution in [2.75, 3.05) is 59.8 Å². The van der Waals surface area contributed by atoms with Crippen LogP contribution in [-0.4, -0.2) is 51.3 Å². The molecule has 4 rings (SSSR count). The van der Waals surface area contributed by atoms with E-state index in [1.165, 1.54) is 24.9 Å². The molecule has 0 saturated carbocycles. The number of benzene rings is 2. The van der Waals surface area contributed by atoms with Gasteiger partial charge in [0, 0.05) is 48.9 Å². The van der Waals surface area contributed by atoms with Gasteiger partial charge in [-0.1, -0.05) is 0 Å². The van der Waals surface area contributed by atoms with Crippen LogP contribution in [0.2, 0.25) is 0 Å².